The van der Waals surface area contributed by atoms with Crippen molar-refractivity contribution in [3.05, 3.63) is 18.5 Å². The van der Waals surface area contributed by atoms with Crippen LogP contribution in [0.25, 0.3) is 0 Å². The first-order chi connectivity index (χ1) is 8.22. The molecule has 0 spiro atoms. The smallest absolute Gasteiger partial charge is 0.224 e. The van der Waals surface area contributed by atoms with Gasteiger partial charge in [0, 0.05) is 26.3 Å². The highest BCUT2D eigenvalue weighted by atomic mass is 16.1. The lowest BCUT2D eigenvalue weighted by Gasteiger charge is -2.34. The van der Waals surface area contributed by atoms with E-state index < -0.39 is 0 Å². The molecule has 1 atom stereocenters. The van der Waals surface area contributed by atoms with Gasteiger partial charge in [0.15, 0.2) is 0 Å². The molecule has 1 amide bonds. The third-order valence-corrected chi connectivity index (χ3v) is 3.21. The number of hydrogen-bond donors (Lipinski definition) is 2. The molecule has 92 valence electrons. The third kappa shape index (κ3) is 2.49. The first kappa shape index (κ1) is 11.7. The topological polar surface area (TPSA) is 71.2 Å². The van der Waals surface area contributed by atoms with E-state index in [9.17, 15) is 4.79 Å². The van der Waals surface area contributed by atoms with Gasteiger partial charge < -0.3 is 16.0 Å². The van der Waals surface area contributed by atoms with E-state index in [-0.39, 0.29) is 11.8 Å². The number of hydrogen-bond acceptors (Lipinski definition) is 4. The maximum Gasteiger partial charge on any atom is 0.224 e. The average Bonchev–Trinajstić information content (AvgIpc) is 2.38. The van der Waals surface area contributed by atoms with Gasteiger partial charge >= 0.3 is 0 Å². The van der Waals surface area contributed by atoms with E-state index in [0.717, 1.165) is 31.6 Å². The summed E-state index contributed by atoms with van der Waals surface area (Å²) < 4.78 is 0. The molecule has 2 rings (SSSR count). The summed E-state index contributed by atoms with van der Waals surface area (Å²) in [5.74, 6) is 0.170. The molecule has 0 aliphatic carbocycles. The molecule has 1 aliphatic heterocycles. The van der Waals surface area contributed by atoms with Gasteiger partial charge in [-0.05, 0) is 18.9 Å². The highest BCUT2D eigenvalue weighted by Crippen LogP contribution is 2.27. The number of piperidine rings is 1. The molecule has 5 nitrogen and oxygen atoms in total. The number of carbonyl (C=O) groups excluding carboxylic acids is 1. The lowest BCUT2D eigenvalue weighted by molar-refractivity contribution is -0.124. The van der Waals surface area contributed by atoms with Crippen molar-refractivity contribution in [2.24, 2.45) is 5.92 Å². The number of nitrogens with two attached hydrogens (primary N) is 1. The fraction of sp³-hybridized carbons (Fsp3) is 0.500. The van der Waals surface area contributed by atoms with Crippen molar-refractivity contribution in [3.8, 4) is 0 Å². The van der Waals surface area contributed by atoms with Crippen molar-refractivity contribution < 1.29 is 4.79 Å². The summed E-state index contributed by atoms with van der Waals surface area (Å²) in [6.07, 6.45) is 5.34. The number of nitrogen functional groups attached to an aromatic ring is 1. The minimum Gasteiger partial charge on any atom is -0.396 e. The molecule has 5 heteroatoms. The van der Waals surface area contributed by atoms with Crippen molar-refractivity contribution >= 4 is 17.3 Å². The Morgan fingerprint density at radius 2 is 2.47 bits per heavy atom. The van der Waals surface area contributed by atoms with Crippen molar-refractivity contribution in [1.82, 2.24) is 10.3 Å². The molecule has 1 unspecified atom stereocenters. The van der Waals surface area contributed by atoms with Crippen LogP contribution in [0.1, 0.15) is 12.8 Å². The van der Waals surface area contributed by atoms with Crippen LogP contribution in [-0.4, -0.2) is 31.0 Å². The zero-order chi connectivity index (χ0) is 12.3. The second-order valence-electron chi connectivity index (χ2n) is 4.33. The maximum atomic E-state index is 11.6. The molecule has 0 aromatic carbocycles. The Hall–Kier alpha value is -1.78. The Balaban J connectivity index is 2.12. The maximum absolute atomic E-state index is 11.6. The van der Waals surface area contributed by atoms with Crippen molar-refractivity contribution in [3.63, 3.8) is 0 Å². The van der Waals surface area contributed by atoms with E-state index in [1.54, 1.807) is 19.4 Å². The zero-order valence-corrected chi connectivity index (χ0v) is 10.0. The first-order valence-corrected chi connectivity index (χ1v) is 5.88. The summed E-state index contributed by atoms with van der Waals surface area (Å²) in [7, 11) is 1.68. The predicted molar refractivity (Wildman–Crippen MR) is 67.7 cm³/mol. The van der Waals surface area contributed by atoms with E-state index in [2.05, 4.69) is 15.2 Å². The normalized spacial score (nSPS) is 20.1. The molecule has 1 saturated heterocycles. The minimum absolute atomic E-state index is 0.0568. The van der Waals surface area contributed by atoms with Gasteiger partial charge in [0.25, 0.3) is 0 Å². The Morgan fingerprint density at radius 1 is 1.65 bits per heavy atom. The molecule has 0 bridgehead atoms. The fourth-order valence-electron chi connectivity index (χ4n) is 2.30. The van der Waals surface area contributed by atoms with Crippen LogP contribution >= 0.6 is 0 Å². The number of aromatic nitrogens is 1. The zero-order valence-electron chi connectivity index (χ0n) is 10.0. The Labute approximate surface area is 101 Å². The molecule has 0 saturated carbocycles. The third-order valence-electron chi connectivity index (χ3n) is 3.21. The summed E-state index contributed by atoms with van der Waals surface area (Å²) >= 11 is 0. The van der Waals surface area contributed by atoms with Crippen LogP contribution in [0, 0.1) is 5.92 Å². The second kappa shape index (κ2) is 5.03. The molecule has 0 radical (unpaired) electrons. The Kier molecular flexibility index (Phi) is 3.46. The molecule has 1 aromatic rings. The number of nitrogens with one attached hydrogen (secondary N) is 1. The number of pyridine rings is 1. The summed E-state index contributed by atoms with van der Waals surface area (Å²) in [5.41, 5.74) is 7.55. The van der Waals surface area contributed by atoms with Crippen LogP contribution in [0.5, 0.6) is 0 Å². The van der Waals surface area contributed by atoms with Crippen LogP contribution in [0.2, 0.25) is 0 Å². The number of nitrogens with zero attached hydrogens (tertiary/aromatic N) is 2. The summed E-state index contributed by atoms with van der Waals surface area (Å²) in [6, 6.07) is 1.90. The summed E-state index contributed by atoms with van der Waals surface area (Å²) in [6.45, 7) is 1.68. The van der Waals surface area contributed by atoms with Gasteiger partial charge in [-0.25, -0.2) is 0 Å². The van der Waals surface area contributed by atoms with Crippen LogP contribution in [0.3, 0.4) is 0 Å². The molecular formula is C12H18N4O. The quantitative estimate of drug-likeness (QED) is 0.787. The average molecular weight is 234 g/mol. The van der Waals surface area contributed by atoms with Crippen molar-refractivity contribution in [1.29, 1.82) is 0 Å². The number of amides is 1. The standard InChI is InChI=1S/C12H18N4O/c1-14-12(17)9-3-2-6-16(8-9)11-4-5-15-7-10(11)13/h4-5,7,9H,2-3,6,8,13H2,1H3,(H,14,17). The largest absolute Gasteiger partial charge is 0.396 e. The van der Waals surface area contributed by atoms with E-state index in [4.69, 9.17) is 5.73 Å². The molecule has 1 fully saturated rings. The van der Waals surface area contributed by atoms with Crippen LogP contribution < -0.4 is 16.0 Å². The molecular weight excluding hydrogens is 216 g/mol. The van der Waals surface area contributed by atoms with Gasteiger partial charge in [-0.1, -0.05) is 0 Å². The van der Waals surface area contributed by atoms with Crippen molar-refractivity contribution in [2.75, 3.05) is 30.8 Å². The van der Waals surface area contributed by atoms with E-state index in [1.807, 2.05) is 6.07 Å². The minimum atomic E-state index is 0.0568. The molecule has 1 aromatic heterocycles. The van der Waals surface area contributed by atoms with Crippen molar-refractivity contribution in [2.45, 2.75) is 12.8 Å². The number of rotatable bonds is 2. The Morgan fingerprint density at radius 3 is 3.18 bits per heavy atom. The van der Waals surface area contributed by atoms with Crippen LogP contribution in [0.15, 0.2) is 18.5 Å². The monoisotopic (exact) mass is 234 g/mol. The fourth-order valence-corrected chi connectivity index (χ4v) is 2.30. The van der Waals surface area contributed by atoms with Crippen LogP contribution in [-0.2, 0) is 4.79 Å². The van der Waals surface area contributed by atoms with Gasteiger partial charge in [-0.3, -0.25) is 9.78 Å². The van der Waals surface area contributed by atoms with Gasteiger partial charge in [0.05, 0.1) is 23.5 Å². The van der Waals surface area contributed by atoms with Gasteiger partial charge in [-0.2, -0.15) is 0 Å². The first-order valence-electron chi connectivity index (χ1n) is 5.88. The molecule has 1 aliphatic rings. The second-order valence-corrected chi connectivity index (χ2v) is 4.33. The lowest BCUT2D eigenvalue weighted by Crippen LogP contribution is -2.42. The molecule has 2 heterocycles. The highest BCUT2D eigenvalue weighted by molar-refractivity contribution is 5.79. The summed E-state index contributed by atoms with van der Waals surface area (Å²) in [5, 5.41) is 2.71. The van der Waals surface area contributed by atoms with E-state index in [1.165, 1.54) is 0 Å². The van der Waals surface area contributed by atoms with Crippen LogP contribution in [0.4, 0.5) is 11.4 Å². The van der Waals surface area contributed by atoms with Gasteiger partial charge in [0.2, 0.25) is 5.91 Å². The predicted octanol–water partition coefficient (Wildman–Crippen LogP) is 0.626. The van der Waals surface area contributed by atoms with E-state index in [0.29, 0.717) is 5.69 Å². The molecule has 3 N–H and O–H groups in total. The highest BCUT2D eigenvalue weighted by Gasteiger charge is 2.25. The number of carbonyl (C=O) groups is 1. The molecule has 17 heavy (non-hydrogen) atoms. The van der Waals surface area contributed by atoms with Gasteiger partial charge in [0.1, 0.15) is 0 Å². The Bertz CT molecular complexity index is 407. The van der Waals surface area contributed by atoms with Gasteiger partial charge in [-0.15, -0.1) is 0 Å². The number of anilines is 2. The van der Waals surface area contributed by atoms with E-state index >= 15 is 0 Å². The summed E-state index contributed by atoms with van der Waals surface area (Å²) in [4.78, 5) is 17.8. The SMILES string of the molecule is CNC(=O)C1CCCN(c2ccncc2N)C1. The lowest BCUT2D eigenvalue weighted by atomic mass is 9.96.